The number of aliphatic hydroxyl groups is 1. The van der Waals surface area contributed by atoms with Gasteiger partial charge in [-0.3, -0.25) is 9.59 Å². The first-order valence-electron chi connectivity index (χ1n) is 7.79. The van der Waals surface area contributed by atoms with Crippen LogP contribution >= 0.6 is 0 Å². The first-order chi connectivity index (χ1) is 10.5. The van der Waals surface area contributed by atoms with Gasteiger partial charge in [0.1, 0.15) is 5.92 Å². The molecule has 2 heterocycles. The maximum atomic E-state index is 12.6. The molecule has 2 saturated heterocycles. The molecule has 0 spiro atoms. The summed E-state index contributed by atoms with van der Waals surface area (Å²) < 4.78 is 0. The smallest absolute Gasteiger partial charge is 0.239 e. The average molecular weight is 302 g/mol. The number of likely N-dealkylation sites (tertiary alicyclic amines) is 1. The fraction of sp³-hybridized carbons (Fsp3) is 0.529. The van der Waals surface area contributed by atoms with Crippen LogP contribution in [0.3, 0.4) is 0 Å². The molecule has 0 radical (unpaired) electrons. The number of rotatable bonds is 3. The second-order valence-electron chi connectivity index (χ2n) is 6.47. The minimum absolute atomic E-state index is 0.0819. The number of hydrogen-bond acceptors (Lipinski definition) is 3. The number of aryl methyl sites for hydroxylation is 2. The largest absolute Gasteiger partial charge is 0.396 e. The molecular weight excluding hydrogens is 280 g/mol. The van der Waals surface area contributed by atoms with E-state index in [1.54, 1.807) is 9.80 Å². The monoisotopic (exact) mass is 302 g/mol. The topological polar surface area (TPSA) is 60.9 Å². The molecule has 0 bridgehead atoms. The van der Waals surface area contributed by atoms with Crippen LogP contribution in [0, 0.1) is 25.7 Å². The van der Waals surface area contributed by atoms with E-state index in [1.165, 1.54) is 0 Å². The van der Waals surface area contributed by atoms with Gasteiger partial charge in [-0.1, -0.05) is 6.07 Å². The van der Waals surface area contributed by atoms with Crippen LogP contribution in [-0.2, 0) is 9.59 Å². The van der Waals surface area contributed by atoms with Gasteiger partial charge in [0.2, 0.25) is 11.8 Å². The predicted molar refractivity (Wildman–Crippen MR) is 83.5 cm³/mol. The number of nitrogens with zero attached hydrogens (tertiary/aromatic N) is 2. The number of benzene rings is 1. The molecule has 2 aliphatic rings. The Morgan fingerprint density at radius 2 is 1.86 bits per heavy atom. The van der Waals surface area contributed by atoms with Crippen LogP contribution in [0.25, 0.3) is 0 Å². The van der Waals surface area contributed by atoms with Crippen molar-refractivity contribution in [1.29, 1.82) is 0 Å². The first kappa shape index (κ1) is 15.0. The Balaban J connectivity index is 1.71. The van der Waals surface area contributed by atoms with E-state index in [-0.39, 0.29) is 24.3 Å². The van der Waals surface area contributed by atoms with Gasteiger partial charge in [-0.05, 0) is 43.5 Å². The lowest BCUT2D eigenvalue weighted by Crippen LogP contribution is -2.54. The lowest BCUT2D eigenvalue weighted by atomic mass is 9.97. The molecule has 5 nitrogen and oxygen atoms in total. The van der Waals surface area contributed by atoms with Crippen LogP contribution in [0.2, 0.25) is 0 Å². The Morgan fingerprint density at radius 1 is 1.23 bits per heavy atom. The Labute approximate surface area is 130 Å². The quantitative estimate of drug-likeness (QED) is 0.851. The van der Waals surface area contributed by atoms with Gasteiger partial charge in [0, 0.05) is 37.8 Å². The van der Waals surface area contributed by atoms with Gasteiger partial charge >= 0.3 is 0 Å². The molecule has 1 aromatic carbocycles. The summed E-state index contributed by atoms with van der Waals surface area (Å²) in [6, 6.07) is 6.05. The lowest BCUT2D eigenvalue weighted by Gasteiger charge is -2.39. The van der Waals surface area contributed by atoms with Gasteiger partial charge in [0.15, 0.2) is 0 Å². The van der Waals surface area contributed by atoms with Crippen LogP contribution in [0.15, 0.2) is 18.2 Å². The zero-order valence-electron chi connectivity index (χ0n) is 13.1. The Morgan fingerprint density at radius 3 is 2.45 bits per heavy atom. The average Bonchev–Trinajstić information content (AvgIpc) is 2.78. The molecular formula is C17H22N2O3. The highest BCUT2D eigenvalue weighted by atomic mass is 16.3. The van der Waals surface area contributed by atoms with Crippen molar-refractivity contribution in [3.8, 4) is 0 Å². The molecule has 2 fully saturated rings. The maximum absolute atomic E-state index is 12.6. The lowest BCUT2D eigenvalue weighted by molar-refractivity contribution is -0.145. The summed E-state index contributed by atoms with van der Waals surface area (Å²) in [6.07, 6.45) is 0.574. The van der Waals surface area contributed by atoms with E-state index >= 15 is 0 Å². The van der Waals surface area contributed by atoms with Crippen molar-refractivity contribution in [3.05, 3.63) is 29.3 Å². The van der Waals surface area contributed by atoms with Crippen molar-refractivity contribution in [2.45, 2.75) is 20.3 Å². The van der Waals surface area contributed by atoms with Crippen molar-refractivity contribution in [3.63, 3.8) is 0 Å². The maximum Gasteiger partial charge on any atom is 0.239 e. The molecule has 22 heavy (non-hydrogen) atoms. The predicted octanol–water partition coefficient (Wildman–Crippen LogP) is 1.11. The van der Waals surface area contributed by atoms with Gasteiger partial charge in [0.05, 0.1) is 0 Å². The standard InChI is InChI=1S/C17H22N2O3/c1-11-5-12(2)7-14(6-11)19-4-3-15(17(19)22)16(21)18-8-13(9-18)10-20/h5-7,13,15,20H,3-4,8-10H2,1-2H3/t15-/m1/s1. The fourth-order valence-corrected chi connectivity index (χ4v) is 3.36. The van der Waals surface area contributed by atoms with Gasteiger partial charge in [-0.2, -0.15) is 0 Å². The van der Waals surface area contributed by atoms with Crippen molar-refractivity contribution >= 4 is 17.5 Å². The summed E-state index contributed by atoms with van der Waals surface area (Å²) in [6.45, 7) is 5.86. The first-order valence-corrected chi connectivity index (χ1v) is 7.79. The molecule has 2 amide bonds. The Hall–Kier alpha value is -1.88. The molecule has 5 heteroatoms. The van der Waals surface area contributed by atoms with E-state index < -0.39 is 5.92 Å². The van der Waals surface area contributed by atoms with Crippen LogP contribution in [0.4, 0.5) is 5.69 Å². The highest BCUT2D eigenvalue weighted by Gasteiger charge is 2.42. The minimum atomic E-state index is -0.555. The summed E-state index contributed by atoms with van der Waals surface area (Å²) in [7, 11) is 0. The number of anilines is 1. The third-order valence-electron chi connectivity index (χ3n) is 4.55. The van der Waals surface area contributed by atoms with Gasteiger partial charge in [-0.15, -0.1) is 0 Å². The van der Waals surface area contributed by atoms with E-state index in [2.05, 4.69) is 6.07 Å². The summed E-state index contributed by atoms with van der Waals surface area (Å²) in [5, 5.41) is 9.03. The normalized spacial score (nSPS) is 22.1. The summed E-state index contributed by atoms with van der Waals surface area (Å²) in [5.41, 5.74) is 3.12. The molecule has 0 aliphatic carbocycles. The van der Waals surface area contributed by atoms with Crippen LogP contribution in [0.1, 0.15) is 17.5 Å². The molecule has 2 aliphatic heterocycles. The van der Waals surface area contributed by atoms with Gasteiger partial charge < -0.3 is 14.9 Å². The summed E-state index contributed by atoms with van der Waals surface area (Å²) in [4.78, 5) is 28.4. The minimum Gasteiger partial charge on any atom is -0.396 e. The number of carbonyl (C=O) groups excluding carboxylic acids is 2. The number of aliphatic hydroxyl groups excluding tert-OH is 1. The highest BCUT2D eigenvalue weighted by Crippen LogP contribution is 2.29. The third kappa shape index (κ3) is 2.61. The number of carbonyl (C=O) groups is 2. The van der Waals surface area contributed by atoms with E-state index in [4.69, 9.17) is 5.11 Å². The van der Waals surface area contributed by atoms with Crippen LogP contribution in [-0.4, -0.2) is 48.1 Å². The summed E-state index contributed by atoms with van der Waals surface area (Å²) >= 11 is 0. The van der Waals surface area contributed by atoms with E-state index in [9.17, 15) is 9.59 Å². The zero-order chi connectivity index (χ0) is 15.9. The van der Waals surface area contributed by atoms with Crippen molar-refractivity contribution in [2.75, 3.05) is 31.1 Å². The molecule has 0 aromatic heterocycles. The molecule has 118 valence electrons. The van der Waals surface area contributed by atoms with Crippen molar-refractivity contribution in [2.24, 2.45) is 11.8 Å². The summed E-state index contributed by atoms with van der Waals surface area (Å²) in [5.74, 6) is -0.555. The molecule has 1 aromatic rings. The second-order valence-corrected chi connectivity index (χ2v) is 6.47. The Kier molecular flexibility index (Phi) is 3.91. The van der Waals surface area contributed by atoms with E-state index in [0.717, 1.165) is 16.8 Å². The third-order valence-corrected chi connectivity index (χ3v) is 4.55. The second kappa shape index (κ2) is 5.72. The molecule has 1 N–H and O–H groups in total. The number of hydrogen-bond donors (Lipinski definition) is 1. The van der Waals surface area contributed by atoms with E-state index in [1.807, 2.05) is 26.0 Å². The highest BCUT2D eigenvalue weighted by molar-refractivity contribution is 6.09. The zero-order valence-corrected chi connectivity index (χ0v) is 13.1. The van der Waals surface area contributed by atoms with Crippen LogP contribution < -0.4 is 4.90 Å². The molecule has 0 saturated carbocycles. The van der Waals surface area contributed by atoms with Gasteiger partial charge in [0.25, 0.3) is 0 Å². The van der Waals surface area contributed by atoms with E-state index in [0.29, 0.717) is 26.1 Å². The Bertz CT molecular complexity index is 588. The number of amides is 2. The molecule has 1 atom stereocenters. The SMILES string of the molecule is Cc1cc(C)cc(N2CC[C@H](C(=O)N3CC(CO)C3)C2=O)c1. The fourth-order valence-electron chi connectivity index (χ4n) is 3.36. The van der Waals surface area contributed by atoms with Crippen LogP contribution in [0.5, 0.6) is 0 Å². The van der Waals surface area contributed by atoms with Crippen molar-refractivity contribution < 1.29 is 14.7 Å². The van der Waals surface area contributed by atoms with Crippen molar-refractivity contribution in [1.82, 2.24) is 4.90 Å². The van der Waals surface area contributed by atoms with Gasteiger partial charge in [-0.25, -0.2) is 0 Å². The molecule has 0 unspecified atom stereocenters. The molecule has 3 rings (SSSR count).